The zero-order valence-electron chi connectivity index (χ0n) is 21.8. The smallest absolute Gasteiger partial charge is 0.272 e. The third-order valence-corrected chi connectivity index (χ3v) is 7.38. The highest BCUT2D eigenvalue weighted by atomic mass is 19.1. The number of amides is 1. The van der Waals surface area contributed by atoms with Gasteiger partial charge in [0.1, 0.15) is 17.3 Å². The van der Waals surface area contributed by atoms with E-state index in [9.17, 15) is 9.18 Å². The van der Waals surface area contributed by atoms with Gasteiger partial charge in [0.15, 0.2) is 0 Å². The minimum absolute atomic E-state index is 0.0462. The third-order valence-electron chi connectivity index (χ3n) is 7.38. The Labute approximate surface area is 218 Å². The number of piperazine rings is 1. The average Bonchev–Trinajstić information content (AvgIpc) is 3.26. The van der Waals surface area contributed by atoms with E-state index in [0.717, 1.165) is 63.6 Å². The number of nitrogens with zero attached hydrogens (tertiary/aromatic N) is 5. The van der Waals surface area contributed by atoms with Crippen molar-refractivity contribution in [2.24, 2.45) is 13.0 Å². The average molecular weight is 506 g/mol. The van der Waals surface area contributed by atoms with Gasteiger partial charge in [0.25, 0.3) is 5.91 Å². The predicted molar refractivity (Wildman–Crippen MR) is 142 cm³/mol. The molecule has 3 heterocycles. The van der Waals surface area contributed by atoms with E-state index in [2.05, 4.69) is 27.0 Å². The summed E-state index contributed by atoms with van der Waals surface area (Å²) in [6.07, 6.45) is 2.04. The van der Waals surface area contributed by atoms with Gasteiger partial charge in [-0.25, -0.2) is 4.39 Å². The van der Waals surface area contributed by atoms with E-state index in [1.54, 1.807) is 10.7 Å². The summed E-state index contributed by atoms with van der Waals surface area (Å²) in [5.74, 6) is 1.07. The molecule has 0 bridgehead atoms. The van der Waals surface area contributed by atoms with E-state index in [0.29, 0.717) is 30.5 Å². The monoisotopic (exact) mass is 505 g/mol. The summed E-state index contributed by atoms with van der Waals surface area (Å²) >= 11 is 0. The van der Waals surface area contributed by atoms with E-state index in [1.165, 1.54) is 11.6 Å². The number of para-hydroxylation sites is 1. The number of halogens is 1. The van der Waals surface area contributed by atoms with Gasteiger partial charge in [0.2, 0.25) is 0 Å². The van der Waals surface area contributed by atoms with Crippen LogP contribution < -0.4 is 9.64 Å². The lowest BCUT2D eigenvalue weighted by Crippen LogP contribution is -2.46. The molecule has 0 saturated carbocycles. The van der Waals surface area contributed by atoms with E-state index < -0.39 is 0 Å². The Balaban J connectivity index is 1.11. The van der Waals surface area contributed by atoms with Crippen LogP contribution in [0, 0.1) is 18.7 Å². The van der Waals surface area contributed by atoms with Crippen LogP contribution in [-0.2, 0) is 13.6 Å². The summed E-state index contributed by atoms with van der Waals surface area (Å²) in [6, 6.07) is 17.2. The van der Waals surface area contributed by atoms with Crippen molar-refractivity contribution in [3.8, 4) is 5.75 Å². The SMILES string of the molecule is Cc1cc(C(=O)N2CCC[C@H](COc3cccc(CN4CCN(c5ccccc5F)CC4)c3)C2)n(C)n1. The van der Waals surface area contributed by atoms with E-state index >= 15 is 0 Å². The largest absolute Gasteiger partial charge is 0.493 e. The van der Waals surface area contributed by atoms with Crippen molar-refractivity contribution in [2.75, 3.05) is 50.8 Å². The standard InChI is InChI=1S/C29H36FN5O2/c1-22-17-28(32(2)31-22)29(36)35-12-6-8-24(20-35)21-37-25-9-5-7-23(18-25)19-33-13-15-34(16-14-33)27-11-4-3-10-26(27)30/h3-5,7,9-11,17-18,24H,6,8,12-16,19-21H2,1-2H3/t24-/m0/s1. The molecule has 2 fully saturated rings. The quantitative estimate of drug-likeness (QED) is 0.484. The van der Waals surface area contributed by atoms with Crippen molar-refractivity contribution in [3.63, 3.8) is 0 Å². The summed E-state index contributed by atoms with van der Waals surface area (Å²) in [7, 11) is 1.82. The number of hydrogen-bond donors (Lipinski definition) is 0. The van der Waals surface area contributed by atoms with Gasteiger partial charge >= 0.3 is 0 Å². The molecule has 1 aromatic heterocycles. The first-order valence-corrected chi connectivity index (χ1v) is 13.2. The molecule has 7 nitrogen and oxygen atoms in total. The fourth-order valence-corrected chi connectivity index (χ4v) is 5.42. The number of ether oxygens (including phenoxy) is 1. The third kappa shape index (κ3) is 6.13. The number of carbonyl (C=O) groups is 1. The van der Waals surface area contributed by atoms with Crippen LogP contribution in [0.2, 0.25) is 0 Å². The van der Waals surface area contributed by atoms with E-state index in [4.69, 9.17) is 4.74 Å². The number of carbonyl (C=O) groups excluding carboxylic acids is 1. The number of likely N-dealkylation sites (tertiary alicyclic amines) is 1. The van der Waals surface area contributed by atoms with Crippen LogP contribution in [0.25, 0.3) is 0 Å². The van der Waals surface area contributed by atoms with Crippen molar-refractivity contribution in [1.29, 1.82) is 0 Å². The van der Waals surface area contributed by atoms with Crippen molar-refractivity contribution in [1.82, 2.24) is 19.6 Å². The first kappa shape index (κ1) is 25.3. The van der Waals surface area contributed by atoms with Gasteiger partial charge < -0.3 is 14.5 Å². The molecule has 0 radical (unpaired) electrons. The number of piperidine rings is 1. The number of aromatic nitrogens is 2. The lowest BCUT2D eigenvalue weighted by atomic mass is 9.98. The Morgan fingerprint density at radius 3 is 2.62 bits per heavy atom. The van der Waals surface area contributed by atoms with Crippen LogP contribution in [-0.4, -0.2) is 71.4 Å². The molecule has 0 spiro atoms. The van der Waals surface area contributed by atoms with Crippen molar-refractivity contribution in [2.45, 2.75) is 26.3 Å². The Bertz CT molecular complexity index is 1220. The molecule has 1 atom stereocenters. The first-order valence-electron chi connectivity index (χ1n) is 13.2. The maximum atomic E-state index is 14.1. The summed E-state index contributed by atoms with van der Waals surface area (Å²) in [6.45, 7) is 8.23. The Hall–Kier alpha value is -3.39. The maximum absolute atomic E-state index is 14.1. The van der Waals surface area contributed by atoms with E-state index in [1.807, 2.05) is 49.2 Å². The van der Waals surface area contributed by atoms with Crippen LogP contribution in [0.4, 0.5) is 10.1 Å². The number of aryl methyl sites for hydroxylation is 2. The molecule has 1 amide bonds. The normalized spacial score (nSPS) is 18.7. The molecule has 2 aliphatic heterocycles. The number of benzene rings is 2. The van der Waals surface area contributed by atoms with Crippen molar-refractivity contribution >= 4 is 11.6 Å². The highest BCUT2D eigenvalue weighted by Gasteiger charge is 2.27. The summed E-state index contributed by atoms with van der Waals surface area (Å²) in [5, 5.41) is 4.32. The van der Waals surface area contributed by atoms with Gasteiger partial charge in [-0.1, -0.05) is 24.3 Å². The van der Waals surface area contributed by atoms with Gasteiger partial charge in [0, 0.05) is 58.8 Å². The van der Waals surface area contributed by atoms with Crippen molar-refractivity contribution < 1.29 is 13.9 Å². The molecule has 2 saturated heterocycles. The van der Waals surface area contributed by atoms with Gasteiger partial charge in [-0.3, -0.25) is 14.4 Å². The molecule has 5 rings (SSSR count). The molecular formula is C29H36FN5O2. The Morgan fingerprint density at radius 1 is 1.05 bits per heavy atom. The maximum Gasteiger partial charge on any atom is 0.272 e. The van der Waals surface area contributed by atoms with Crippen LogP contribution >= 0.6 is 0 Å². The summed E-state index contributed by atoms with van der Waals surface area (Å²) in [4.78, 5) is 19.5. The van der Waals surface area contributed by atoms with Crippen LogP contribution in [0.1, 0.15) is 34.6 Å². The van der Waals surface area contributed by atoms with Crippen LogP contribution in [0.5, 0.6) is 5.75 Å². The molecule has 0 aliphatic carbocycles. The van der Waals surface area contributed by atoms with Crippen LogP contribution in [0.15, 0.2) is 54.6 Å². The molecule has 196 valence electrons. The molecule has 8 heteroatoms. The second-order valence-corrected chi connectivity index (χ2v) is 10.2. The molecule has 2 aliphatic rings. The lowest BCUT2D eigenvalue weighted by Gasteiger charge is -2.36. The molecule has 2 aromatic carbocycles. The Morgan fingerprint density at radius 2 is 1.86 bits per heavy atom. The van der Waals surface area contributed by atoms with Crippen LogP contribution in [0.3, 0.4) is 0 Å². The lowest BCUT2D eigenvalue weighted by molar-refractivity contribution is 0.0622. The minimum Gasteiger partial charge on any atom is -0.493 e. The van der Waals surface area contributed by atoms with Gasteiger partial charge in [-0.15, -0.1) is 0 Å². The topological polar surface area (TPSA) is 53.8 Å². The molecule has 3 aromatic rings. The zero-order chi connectivity index (χ0) is 25.8. The fourth-order valence-electron chi connectivity index (χ4n) is 5.42. The van der Waals surface area contributed by atoms with Gasteiger partial charge in [0.05, 0.1) is 18.0 Å². The molecule has 37 heavy (non-hydrogen) atoms. The number of hydrogen-bond acceptors (Lipinski definition) is 5. The highest BCUT2D eigenvalue weighted by molar-refractivity contribution is 5.92. The second-order valence-electron chi connectivity index (χ2n) is 10.2. The second kappa shape index (κ2) is 11.3. The number of rotatable bonds is 7. The van der Waals surface area contributed by atoms with Gasteiger partial charge in [-0.05, 0) is 55.7 Å². The first-order chi connectivity index (χ1) is 18.0. The molecular weight excluding hydrogens is 469 g/mol. The van der Waals surface area contributed by atoms with Crippen molar-refractivity contribution in [3.05, 3.63) is 77.4 Å². The fraction of sp³-hybridized carbons (Fsp3) is 0.448. The zero-order valence-corrected chi connectivity index (χ0v) is 21.8. The summed E-state index contributed by atoms with van der Waals surface area (Å²) < 4.78 is 22.0. The molecule has 0 unspecified atom stereocenters. The molecule has 0 N–H and O–H groups in total. The predicted octanol–water partition coefficient (Wildman–Crippen LogP) is 4.12. The minimum atomic E-state index is -0.154. The Kier molecular flexibility index (Phi) is 7.74. The van der Waals surface area contributed by atoms with Gasteiger partial charge in [-0.2, -0.15) is 5.10 Å². The summed E-state index contributed by atoms with van der Waals surface area (Å²) in [5.41, 5.74) is 3.40. The highest BCUT2D eigenvalue weighted by Crippen LogP contribution is 2.23. The van der Waals surface area contributed by atoms with E-state index in [-0.39, 0.29) is 11.7 Å². The number of anilines is 1.